The molecule has 0 aliphatic heterocycles. The number of hydrazone groups is 1. The van der Waals surface area contributed by atoms with Crippen LogP contribution < -0.4 is 20.8 Å². The second-order valence-corrected chi connectivity index (χ2v) is 8.09. The van der Waals surface area contributed by atoms with Crippen LogP contribution >= 0.6 is 11.6 Å². The number of halogens is 6. The standard InChI is InChI=1S/C24H18ClF5N8O/c25-20-8-3-15(11-31-20)12-32-21-35-22(34-17-4-7-19(27)16(9-17)10-26)37-23(36-21)38-33-13-14-1-5-18(6-2-14)39-24(28,29)30/h1-9,11,13H,10,12H2,(H3,32,34,35,36,37,38)/b33-13+. The van der Waals surface area contributed by atoms with Gasteiger partial charge in [-0.2, -0.15) is 20.1 Å². The maximum atomic E-state index is 13.7. The molecule has 0 aliphatic rings. The van der Waals surface area contributed by atoms with Crippen LogP contribution in [0.1, 0.15) is 16.7 Å². The Morgan fingerprint density at radius 2 is 1.69 bits per heavy atom. The summed E-state index contributed by atoms with van der Waals surface area (Å²) < 4.78 is 67.6. The predicted octanol–water partition coefficient (Wildman–Crippen LogP) is 6.23. The van der Waals surface area contributed by atoms with Crippen LogP contribution in [0.2, 0.25) is 5.15 Å². The minimum absolute atomic E-state index is 0.00895. The molecule has 0 saturated heterocycles. The summed E-state index contributed by atoms with van der Waals surface area (Å²) in [6, 6.07) is 12.2. The van der Waals surface area contributed by atoms with Gasteiger partial charge in [-0.15, -0.1) is 13.2 Å². The molecule has 2 aromatic heterocycles. The first kappa shape index (κ1) is 27.4. The third kappa shape index (κ3) is 8.46. The molecule has 4 rings (SSSR count). The van der Waals surface area contributed by atoms with Gasteiger partial charge in [0.25, 0.3) is 0 Å². The van der Waals surface area contributed by atoms with Crippen molar-refractivity contribution in [3.63, 3.8) is 0 Å². The van der Waals surface area contributed by atoms with E-state index in [1.165, 1.54) is 30.5 Å². The van der Waals surface area contributed by atoms with Crippen molar-refractivity contribution in [1.29, 1.82) is 0 Å². The predicted molar refractivity (Wildman–Crippen MR) is 135 cm³/mol. The van der Waals surface area contributed by atoms with Crippen molar-refractivity contribution in [2.24, 2.45) is 5.10 Å². The minimum Gasteiger partial charge on any atom is -0.406 e. The number of pyridine rings is 1. The number of anilines is 4. The van der Waals surface area contributed by atoms with Gasteiger partial charge in [-0.25, -0.2) is 19.2 Å². The summed E-state index contributed by atoms with van der Waals surface area (Å²) >= 11 is 5.81. The summed E-state index contributed by atoms with van der Waals surface area (Å²) in [4.78, 5) is 16.7. The minimum atomic E-state index is -4.79. The fraction of sp³-hybridized carbons (Fsp3) is 0.125. The van der Waals surface area contributed by atoms with Crippen LogP contribution in [0.3, 0.4) is 0 Å². The molecule has 3 N–H and O–H groups in total. The first-order valence-corrected chi connectivity index (χ1v) is 11.4. The van der Waals surface area contributed by atoms with Gasteiger partial charge in [0, 0.05) is 24.0 Å². The van der Waals surface area contributed by atoms with Crippen molar-refractivity contribution < 1.29 is 26.7 Å². The molecule has 2 heterocycles. The van der Waals surface area contributed by atoms with Crippen LogP contribution in [-0.4, -0.2) is 32.5 Å². The van der Waals surface area contributed by atoms with E-state index in [0.717, 1.165) is 23.8 Å². The Morgan fingerprint density at radius 3 is 2.38 bits per heavy atom. The molecule has 0 unspecified atom stereocenters. The van der Waals surface area contributed by atoms with E-state index >= 15 is 0 Å². The Balaban J connectivity index is 1.51. The van der Waals surface area contributed by atoms with Gasteiger partial charge in [-0.1, -0.05) is 17.7 Å². The topological polar surface area (TPSA) is 109 Å². The fourth-order valence-corrected chi connectivity index (χ4v) is 3.17. The zero-order chi connectivity index (χ0) is 27.8. The smallest absolute Gasteiger partial charge is 0.406 e. The van der Waals surface area contributed by atoms with Crippen molar-refractivity contribution in [3.8, 4) is 5.75 Å². The van der Waals surface area contributed by atoms with E-state index in [4.69, 9.17) is 11.6 Å². The molecule has 202 valence electrons. The molecule has 39 heavy (non-hydrogen) atoms. The number of nitrogens with one attached hydrogen (secondary N) is 3. The summed E-state index contributed by atoms with van der Waals surface area (Å²) in [5, 5.41) is 10.2. The van der Waals surface area contributed by atoms with E-state index in [1.807, 2.05) is 0 Å². The van der Waals surface area contributed by atoms with E-state index in [-0.39, 0.29) is 35.7 Å². The van der Waals surface area contributed by atoms with Gasteiger partial charge in [0.1, 0.15) is 23.4 Å². The van der Waals surface area contributed by atoms with Gasteiger partial charge < -0.3 is 15.4 Å². The number of alkyl halides is 4. The van der Waals surface area contributed by atoms with Gasteiger partial charge in [0.05, 0.1) is 6.21 Å². The lowest BCUT2D eigenvalue weighted by atomic mass is 10.2. The molecule has 0 spiro atoms. The first-order chi connectivity index (χ1) is 18.7. The molecule has 2 aromatic carbocycles. The van der Waals surface area contributed by atoms with Gasteiger partial charge >= 0.3 is 6.36 Å². The number of benzene rings is 2. The number of nitrogens with zero attached hydrogens (tertiary/aromatic N) is 5. The van der Waals surface area contributed by atoms with Crippen LogP contribution in [0.4, 0.5) is 45.5 Å². The van der Waals surface area contributed by atoms with Gasteiger partial charge in [-0.05, 0) is 59.7 Å². The molecular formula is C24H18ClF5N8O. The van der Waals surface area contributed by atoms with E-state index in [9.17, 15) is 22.0 Å². The Labute approximate surface area is 223 Å². The first-order valence-electron chi connectivity index (χ1n) is 11.0. The summed E-state index contributed by atoms with van der Waals surface area (Å²) in [5.74, 6) is -0.909. The third-order valence-electron chi connectivity index (χ3n) is 4.81. The molecule has 4 aromatic rings. The number of aromatic nitrogens is 4. The van der Waals surface area contributed by atoms with E-state index in [2.05, 4.69) is 45.8 Å². The summed E-state index contributed by atoms with van der Waals surface area (Å²) in [5.41, 5.74) is 4.05. The second-order valence-electron chi connectivity index (χ2n) is 7.70. The maximum Gasteiger partial charge on any atom is 0.573 e. The van der Waals surface area contributed by atoms with E-state index in [1.54, 1.807) is 18.3 Å². The Kier molecular flexibility index (Phi) is 8.66. The molecule has 0 amide bonds. The molecule has 0 saturated carbocycles. The zero-order valence-corrected chi connectivity index (χ0v) is 20.4. The monoisotopic (exact) mass is 564 g/mol. The second kappa shape index (κ2) is 12.3. The average Bonchev–Trinajstić information content (AvgIpc) is 2.89. The van der Waals surface area contributed by atoms with Crippen LogP contribution in [0, 0.1) is 5.82 Å². The molecule has 9 nitrogen and oxygen atoms in total. The van der Waals surface area contributed by atoms with Crippen molar-refractivity contribution in [1.82, 2.24) is 19.9 Å². The van der Waals surface area contributed by atoms with Crippen molar-refractivity contribution >= 4 is 41.3 Å². The summed E-state index contributed by atoms with van der Waals surface area (Å²) in [6.45, 7) is -0.712. The highest BCUT2D eigenvalue weighted by Crippen LogP contribution is 2.23. The van der Waals surface area contributed by atoms with Crippen molar-refractivity contribution in [2.75, 3.05) is 16.1 Å². The Hall–Kier alpha value is -4.59. The average molecular weight is 565 g/mol. The zero-order valence-electron chi connectivity index (χ0n) is 19.7. The summed E-state index contributed by atoms with van der Waals surface area (Å²) in [7, 11) is 0. The van der Waals surface area contributed by atoms with Crippen LogP contribution in [0.15, 0.2) is 65.9 Å². The lowest BCUT2D eigenvalue weighted by molar-refractivity contribution is -0.274. The van der Waals surface area contributed by atoms with Crippen LogP contribution in [0.25, 0.3) is 0 Å². The number of hydrogen-bond donors (Lipinski definition) is 3. The number of hydrogen-bond acceptors (Lipinski definition) is 9. The maximum absolute atomic E-state index is 13.7. The SMILES string of the molecule is FCc1cc(Nc2nc(NCc3ccc(Cl)nc3)nc(N/N=C/c3ccc(OC(F)(F)F)cc3)n2)ccc1F. The Bertz CT molecular complexity index is 1440. The molecule has 0 bridgehead atoms. The van der Waals surface area contributed by atoms with Gasteiger partial charge in [0.15, 0.2) is 0 Å². The quantitative estimate of drug-likeness (QED) is 0.0900. The number of rotatable bonds is 10. The van der Waals surface area contributed by atoms with E-state index < -0.39 is 18.9 Å². The molecule has 0 atom stereocenters. The molecule has 0 aliphatic carbocycles. The highest BCUT2D eigenvalue weighted by atomic mass is 35.5. The molecule has 15 heteroatoms. The van der Waals surface area contributed by atoms with Crippen molar-refractivity contribution in [2.45, 2.75) is 19.6 Å². The normalized spacial score (nSPS) is 11.4. The third-order valence-corrected chi connectivity index (χ3v) is 5.04. The van der Waals surface area contributed by atoms with Gasteiger partial charge in [0.2, 0.25) is 17.8 Å². The highest BCUT2D eigenvalue weighted by molar-refractivity contribution is 6.29. The Morgan fingerprint density at radius 1 is 0.949 bits per heavy atom. The van der Waals surface area contributed by atoms with Crippen LogP contribution in [0.5, 0.6) is 5.75 Å². The molecular weight excluding hydrogens is 547 g/mol. The largest absolute Gasteiger partial charge is 0.573 e. The van der Waals surface area contributed by atoms with Gasteiger partial charge in [-0.3, -0.25) is 0 Å². The highest BCUT2D eigenvalue weighted by Gasteiger charge is 2.30. The van der Waals surface area contributed by atoms with E-state index in [0.29, 0.717) is 16.4 Å². The lowest BCUT2D eigenvalue weighted by Gasteiger charge is -2.11. The van der Waals surface area contributed by atoms with Crippen molar-refractivity contribution in [3.05, 3.63) is 88.5 Å². The van der Waals surface area contributed by atoms with Crippen LogP contribution in [-0.2, 0) is 13.2 Å². The molecule has 0 radical (unpaired) electrons. The fourth-order valence-electron chi connectivity index (χ4n) is 3.06. The summed E-state index contributed by atoms with van der Waals surface area (Å²) in [6.07, 6.45) is -1.89. The molecule has 0 fully saturated rings. The number of ether oxygens (including phenoxy) is 1. The lowest BCUT2D eigenvalue weighted by Crippen LogP contribution is -2.17.